The Hall–Kier alpha value is -0.830. The third-order valence-electron chi connectivity index (χ3n) is 2.46. The molecular weight excluding hydrogens is 186 g/mol. The lowest BCUT2D eigenvalue weighted by Crippen LogP contribution is -2.26. The lowest BCUT2D eigenvalue weighted by molar-refractivity contribution is 0.369. The van der Waals surface area contributed by atoms with Crippen LogP contribution in [0.1, 0.15) is 33.4 Å². The molecule has 3 heteroatoms. The minimum absolute atomic E-state index is 0.150. The zero-order chi connectivity index (χ0) is 11.5. The zero-order valence-electron chi connectivity index (χ0n) is 10.3. The summed E-state index contributed by atoms with van der Waals surface area (Å²) < 4.78 is 2.02. The van der Waals surface area contributed by atoms with Crippen molar-refractivity contribution in [3.63, 3.8) is 0 Å². The molecule has 0 aliphatic rings. The second-order valence-electron chi connectivity index (χ2n) is 5.47. The number of aromatic nitrogens is 2. The Bertz CT molecular complexity index is 300. The molecule has 0 saturated carbocycles. The highest BCUT2D eigenvalue weighted by atomic mass is 15.3. The summed E-state index contributed by atoms with van der Waals surface area (Å²) in [5, 5.41) is 4.54. The summed E-state index contributed by atoms with van der Waals surface area (Å²) in [6, 6.07) is 2.10. The molecule has 2 N–H and O–H groups in total. The Balaban J connectivity index is 2.60. The van der Waals surface area contributed by atoms with Crippen LogP contribution in [0.4, 0.5) is 0 Å². The summed E-state index contributed by atoms with van der Waals surface area (Å²) in [4.78, 5) is 0. The van der Waals surface area contributed by atoms with Gasteiger partial charge in [-0.05, 0) is 30.4 Å². The first-order valence-electron chi connectivity index (χ1n) is 5.65. The van der Waals surface area contributed by atoms with E-state index in [1.807, 2.05) is 4.68 Å². The fraction of sp³-hybridized carbons (Fsp3) is 0.750. The van der Waals surface area contributed by atoms with Crippen LogP contribution in [0, 0.1) is 11.3 Å². The van der Waals surface area contributed by atoms with E-state index in [1.54, 1.807) is 0 Å². The van der Waals surface area contributed by atoms with Crippen LogP contribution in [-0.4, -0.2) is 16.3 Å². The molecule has 0 bridgehead atoms. The average Bonchev–Trinajstić information content (AvgIpc) is 2.50. The molecule has 1 rings (SSSR count). The molecule has 0 aromatic carbocycles. The number of nitrogens with zero attached hydrogens (tertiary/aromatic N) is 2. The van der Waals surface area contributed by atoms with E-state index in [-0.39, 0.29) is 5.41 Å². The summed E-state index contributed by atoms with van der Waals surface area (Å²) in [7, 11) is 0. The van der Waals surface area contributed by atoms with Gasteiger partial charge in [0.05, 0.1) is 5.69 Å². The van der Waals surface area contributed by atoms with Crippen LogP contribution in [0.25, 0.3) is 0 Å². The molecule has 1 aromatic heterocycles. The third kappa shape index (κ3) is 4.04. The smallest absolute Gasteiger partial charge is 0.0630 e. The highest BCUT2D eigenvalue weighted by molar-refractivity contribution is 5.02. The molecule has 1 heterocycles. The predicted octanol–water partition coefficient (Wildman–Crippen LogP) is 2.07. The van der Waals surface area contributed by atoms with Gasteiger partial charge in [0.1, 0.15) is 0 Å². The fourth-order valence-corrected chi connectivity index (χ4v) is 1.54. The van der Waals surface area contributed by atoms with Crippen molar-refractivity contribution < 1.29 is 0 Å². The number of hydrogen-bond donors (Lipinski definition) is 1. The van der Waals surface area contributed by atoms with Gasteiger partial charge in [-0.3, -0.25) is 4.68 Å². The summed E-state index contributed by atoms with van der Waals surface area (Å²) >= 11 is 0. The van der Waals surface area contributed by atoms with Gasteiger partial charge in [-0.25, -0.2) is 0 Å². The van der Waals surface area contributed by atoms with Crippen LogP contribution in [0.2, 0.25) is 0 Å². The van der Waals surface area contributed by atoms with Crippen molar-refractivity contribution in [2.24, 2.45) is 17.1 Å². The highest BCUT2D eigenvalue weighted by Crippen LogP contribution is 2.18. The van der Waals surface area contributed by atoms with Crippen LogP contribution in [-0.2, 0) is 13.0 Å². The largest absolute Gasteiger partial charge is 0.330 e. The summed E-state index contributed by atoms with van der Waals surface area (Å²) in [6.07, 6.45) is 3.01. The predicted molar refractivity (Wildman–Crippen MR) is 63.6 cm³/mol. The van der Waals surface area contributed by atoms with Crippen molar-refractivity contribution in [3.05, 3.63) is 18.0 Å². The fourth-order valence-electron chi connectivity index (χ4n) is 1.54. The average molecular weight is 209 g/mol. The molecule has 0 radical (unpaired) electrons. The Labute approximate surface area is 92.7 Å². The van der Waals surface area contributed by atoms with E-state index >= 15 is 0 Å². The van der Waals surface area contributed by atoms with Crippen molar-refractivity contribution in [2.45, 2.75) is 40.7 Å². The maximum absolute atomic E-state index is 5.71. The van der Waals surface area contributed by atoms with Crippen LogP contribution in [0.5, 0.6) is 0 Å². The van der Waals surface area contributed by atoms with Gasteiger partial charge in [0.2, 0.25) is 0 Å². The minimum Gasteiger partial charge on any atom is -0.330 e. The number of hydrogen-bond acceptors (Lipinski definition) is 2. The van der Waals surface area contributed by atoms with E-state index in [4.69, 9.17) is 5.73 Å². The van der Waals surface area contributed by atoms with E-state index in [9.17, 15) is 0 Å². The van der Waals surface area contributed by atoms with Gasteiger partial charge >= 0.3 is 0 Å². The van der Waals surface area contributed by atoms with Gasteiger partial charge in [0, 0.05) is 12.7 Å². The van der Waals surface area contributed by atoms with Gasteiger partial charge in [-0.15, -0.1) is 0 Å². The Morgan fingerprint density at radius 1 is 1.47 bits per heavy atom. The van der Waals surface area contributed by atoms with Crippen molar-refractivity contribution in [3.8, 4) is 0 Å². The molecule has 0 spiro atoms. The van der Waals surface area contributed by atoms with Crippen LogP contribution < -0.4 is 5.73 Å². The summed E-state index contributed by atoms with van der Waals surface area (Å²) in [6.45, 7) is 10.4. The van der Waals surface area contributed by atoms with E-state index in [1.165, 1.54) is 0 Å². The third-order valence-corrected chi connectivity index (χ3v) is 2.46. The highest BCUT2D eigenvalue weighted by Gasteiger charge is 2.17. The van der Waals surface area contributed by atoms with Gasteiger partial charge < -0.3 is 5.73 Å². The van der Waals surface area contributed by atoms with Crippen molar-refractivity contribution >= 4 is 0 Å². The van der Waals surface area contributed by atoms with Crippen molar-refractivity contribution in [2.75, 3.05) is 6.54 Å². The Kier molecular flexibility index (Phi) is 3.91. The Morgan fingerprint density at radius 2 is 2.13 bits per heavy atom. The first kappa shape index (κ1) is 12.2. The van der Waals surface area contributed by atoms with Crippen molar-refractivity contribution in [1.29, 1.82) is 0 Å². The molecule has 0 aliphatic heterocycles. The first-order chi connectivity index (χ1) is 6.93. The minimum atomic E-state index is 0.150. The zero-order valence-corrected chi connectivity index (χ0v) is 10.3. The normalized spacial score (nSPS) is 12.4. The first-order valence-corrected chi connectivity index (χ1v) is 5.65. The molecule has 0 saturated heterocycles. The second kappa shape index (κ2) is 4.79. The van der Waals surface area contributed by atoms with E-state index < -0.39 is 0 Å². The van der Waals surface area contributed by atoms with E-state index in [0.29, 0.717) is 12.5 Å². The molecule has 15 heavy (non-hydrogen) atoms. The summed E-state index contributed by atoms with van der Waals surface area (Å²) in [5.41, 5.74) is 7.00. The molecule has 0 amide bonds. The lowest BCUT2D eigenvalue weighted by atomic mass is 9.88. The maximum Gasteiger partial charge on any atom is 0.0630 e. The second-order valence-corrected chi connectivity index (χ2v) is 5.47. The standard InChI is InChI=1S/C12H23N3/c1-10(2)8-15-6-5-11(14-15)7-12(3,4)9-13/h5-6,10H,7-9,13H2,1-4H3. The van der Waals surface area contributed by atoms with Crippen LogP contribution in [0.15, 0.2) is 12.3 Å². The molecule has 3 nitrogen and oxygen atoms in total. The SMILES string of the molecule is CC(C)Cn1ccc(CC(C)(C)CN)n1. The van der Waals surface area contributed by atoms with Crippen LogP contribution >= 0.6 is 0 Å². The van der Waals surface area contributed by atoms with Crippen LogP contribution in [0.3, 0.4) is 0 Å². The molecule has 1 aromatic rings. The molecule has 0 fully saturated rings. The molecule has 0 aliphatic carbocycles. The van der Waals surface area contributed by atoms with Crippen molar-refractivity contribution in [1.82, 2.24) is 9.78 Å². The van der Waals surface area contributed by atoms with E-state index in [0.717, 1.165) is 18.7 Å². The quantitative estimate of drug-likeness (QED) is 0.806. The van der Waals surface area contributed by atoms with Gasteiger partial charge in [-0.2, -0.15) is 5.10 Å². The van der Waals surface area contributed by atoms with E-state index in [2.05, 4.69) is 45.1 Å². The number of rotatable bonds is 5. The van der Waals surface area contributed by atoms with Gasteiger partial charge in [-0.1, -0.05) is 27.7 Å². The van der Waals surface area contributed by atoms with Gasteiger partial charge in [0.25, 0.3) is 0 Å². The molecule has 0 unspecified atom stereocenters. The summed E-state index contributed by atoms with van der Waals surface area (Å²) in [5.74, 6) is 0.639. The molecule has 0 atom stereocenters. The monoisotopic (exact) mass is 209 g/mol. The number of nitrogens with two attached hydrogens (primary N) is 1. The van der Waals surface area contributed by atoms with Gasteiger partial charge in [0.15, 0.2) is 0 Å². The maximum atomic E-state index is 5.71. The molecular formula is C12H23N3. The molecule has 86 valence electrons. The topological polar surface area (TPSA) is 43.8 Å². The lowest BCUT2D eigenvalue weighted by Gasteiger charge is -2.20. The Morgan fingerprint density at radius 3 is 2.67 bits per heavy atom.